The molecule has 1 aromatic rings. The standard InChI is InChI=1S/C14H20Cl2N2O3S/c1-5-6-9(2)17-22(20,21)13-7-10(14(19)18(3)4)11(15)8-12(13)16/h7-9,17H,5-6H2,1-4H3. The first-order valence-corrected chi connectivity index (χ1v) is 9.07. The van der Waals surface area contributed by atoms with Gasteiger partial charge in [-0.05, 0) is 25.5 Å². The van der Waals surface area contributed by atoms with Gasteiger partial charge in [0, 0.05) is 20.1 Å². The van der Waals surface area contributed by atoms with Crippen molar-refractivity contribution in [2.75, 3.05) is 14.1 Å². The summed E-state index contributed by atoms with van der Waals surface area (Å²) in [4.78, 5) is 13.2. The molecule has 0 fully saturated rings. The lowest BCUT2D eigenvalue weighted by atomic mass is 10.2. The molecule has 1 atom stereocenters. The summed E-state index contributed by atoms with van der Waals surface area (Å²) in [5.41, 5.74) is 0.0968. The van der Waals surface area contributed by atoms with E-state index in [1.54, 1.807) is 21.0 Å². The molecule has 1 unspecified atom stereocenters. The average molecular weight is 367 g/mol. The fourth-order valence-electron chi connectivity index (χ4n) is 1.96. The molecule has 0 spiro atoms. The molecule has 1 rings (SSSR count). The van der Waals surface area contributed by atoms with E-state index in [1.807, 2.05) is 6.92 Å². The van der Waals surface area contributed by atoms with E-state index in [4.69, 9.17) is 23.2 Å². The summed E-state index contributed by atoms with van der Waals surface area (Å²) in [6, 6.07) is 2.27. The lowest BCUT2D eigenvalue weighted by Gasteiger charge is -2.17. The maximum absolute atomic E-state index is 12.4. The van der Waals surface area contributed by atoms with Gasteiger partial charge in [-0.15, -0.1) is 0 Å². The lowest BCUT2D eigenvalue weighted by Crippen LogP contribution is -2.33. The molecule has 0 aliphatic rings. The van der Waals surface area contributed by atoms with E-state index in [-0.39, 0.29) is 32.5 Å². The van der Waals surface area contributed by atoms with E-state index in [0.717, 1.165) is 6.42 Å². The van der Waals surface area contributed by atoms with Crippen LogP contribution >= 0.6 is 23.2 Å². The Balaban J connectivity index is 3.30. The topological polar surface area (TPSA) is 66.5 Å². The highest BCUT2D eigenvalue weighted by Crippen LogP contribution is 2.29. The van der Waals surface area contributed by atoms with Gasteiger partial charge in [-0.1, -0.05) is 36.5 Å². The first-order valence-electron chi connectivity index (χ1n) is 6.83. The molecule has 0 aromatic heterocycles. The van der Waals surface area contributed by atoms with Crippen LogP contribution in [0.15, 0.2) is 17.0 Å². The minimum absolute atomic E-state index is 0.0171. The maximum atomic E-state index is 12.4. The van der Waals surface area contributed by atoms with Crippen LogP contribution in [0.5, 0.6) is 0 Å². The minimum Gasteiger partial charge on any atom is -0.345 e. The van der Waals surface area contributed by atoms with E-state index >= 15 is 0 Å². The summed E-state index contributed by atoms with van der Waals surface area (Å²) in [5.74, 6) is -0.389. The third kappa shape index (κ3) is 4.59. The number of benzene rings is 1. The van der Waals surface area contributed by atoms with E-state index in [2.05, 4.69) is 4.72 Å². The third-order valence-electron chi connectivity index (χ3n) is 3.03. The van der Waals surface area contributed by atoms with Gasteiger partial charge in [-0.25, -0.2) is 13.1 Å². The monoisotopic (exact) mass is 366 g/mol. The van der Waals surface area contributed by atoms with Crippen LogP contribution < -0.4 is 4.72 Å². The normalized spacial score (nSPS) is 13.0. The molecule has 0 saturated carbocycles. The van der Waals surface area contributed by atoms with Gasteiger partial charge in [0.1, 0.15) is 4.90 Å². The Labute approximate surface area is 141 Å². The Bertz CT molecular complexity index is 660. The zero-order valence-corrected chi connectivity index (χ0v) is 15.3. The van der Waals surface area contributed by atoms with Crippen molar-refractivity contribution in [1.29, 1.82) is 0 Å². The summed E-state index contributed by atoms with van der Waals surface area (Å²) in [7, 11) is -0.705. The molecule has 0 radical (unpaired) electrons. The molecule has 0 saturated heterocycles. The first-order chi connectivity index (χ1) is 10.1. The minimum atomic E-state index is -3.82. The molecule has 1 amide bonds. The van der Waals surface area contributed by atoms with Crippen LogP contribution in [0.2, 0.25) is 10.0 Å². The van der Waals surface area contributed by atoms with Gasteiger partial charge >= 0.3 is 0 Å². The van der Waals surface area contributed by atoms with Crippen LogP contribution in [0.25, 0.3) is 0 Å². The number of amides is 1. The van der Waals surface area contributed by atoms with E-state index < -0.39 is 10.0 Å². The van der Waals surface area contributed by atoms with E-state index in [0.29, 0.717) is 6.42 Å². The van der Waals surface area contributed by atoms with Gasteiger partial charge < -0.3 is 4.90 Å². The number of sulfonamides is 1. The number of hydrogen-bond acceptors (Lipinski definition) is 3. The summed E-state index contributed by atoms with van der Waals surface area (Å²) >= 11 is 12.0. The largest absolute Gasteiger partial charge is 0.345 e. The van der Waals surface area contributed by atoms with E-state index in [9.17, 15) is 13.2 Å². The van der Waals surface area contributed by atoms with Crippen molar-refractivity contribution in [2.45, 2.75) is 37.6 Å². The van der Waals surface area contributed by atoms with Crippen molar-refractivity contribution in [1.82, 2.24) is 9.62 Å². The van der Waals surface area contributed by atoms with E-state index in [1.165, 1.54) is 17.0 Å². The first kappa shape index (κ1) is 19.2. The fourth-order valence-corrected chi connectivity index (χ4v) is 4.09. The average Bonchev–Trinajstić information content (AvgIpc) is 2.37. The molecule has 0 aliphatic carbocycles. The smallest absolute Gasteiger partial charge is 0.254 e. The second kappa shape index (κ2) is 7.64. The van der Waals surface area contributed by atoms with Gasteiger partial charge in [0.25, 0.3) is 5.91 Å². The lowest BCUT2D eigenvalue weighted by molar-refractivity contribution is 0.0827. The Morgan fingerprint density at radius 1 is 1.27 bits per heavy atom. The highest BCUT2D eigenvalue weighted by atomic mass is 35.5. The van der Waals surface area contributed by atoms with Gasteiger partial charge in [0.05, 0.1) is 15.6 Å². The Hall–Kier alpha value is -0.820. The number of halogens is 2. The molecule has 0 bridgehead atoms. The SMILES string of the molecule is CCCC(C)NS(=O)(=O)c1cc(C(=O)N(C)C)c(Cl)cc1Cl. The summed E-state index contributed by atoms with van der Waals surface area (Å²) in [6.45, 7) is 3.74. The highest BCUT2D eigenvalue weighted by Gasteiger charge is 2.24. The van der Waals surface area contributed by atoms with Crippen molar-refractivity contribution in [3.8, 4) is 0 Å². The number of rotatable bonds is 6. The molecule has 1 N–H and O–H groups in total. The number of carbonyl (C=O) groups excluding carboxylic acids is 1. The van der Waals surface area contributed by atoms with Gasteiger partial charge in [0.15, 0.2) is 0 Å². The molecular weight excluding hydrogens is 347 g/mol. The number of carbonyl (C=O) groups is 1. The molecule has 8 heteroatoms. The van der Waals surface area contributed by atoms with Crippen LogP contribution in [0.1, 0.15) is 37.0 Å². The van der Waals surface area contributed by atoms with Crippen molar-refractivity contribution < 1.29 is 13.2 Å². The predicted octanol–water partition coefficient (Wildman–Crippen LogP) is 3.16. The zero-order valence-electron chi connectivity index (χ0n) is 13.0. The summed E-state index contributed by atoms with van der Waals surface area (Å²) < 4.78 is 27.4. The Kier molecular flexibility index (Phi) is 6.67. The zero-order chi connectivity index (χ0) is 17.1. The number of nitrogens with one attached hydrogen (secondary N) is 1. The van der Waals surface area contributed by atoms with Crippen LogP contribution in [-0.4, -0.2) is 39.4 Å². The van der Waals surface area contributed by atoms with Crippen molar-refractivity contribution in [3.63, 3.8) is 0 Å². The van der Waals surface area contributed by atoms with Gasteiger partial charge in [-0.2, -0.15) is 0 Å². The molecule has 0 aliphatic heterocycles. The van der Waals surface area contributed by atoms with Gasteiger partial charge in [-0.3, -0.25) is 4.79 Å². The third-order valence-corrected chi connectivity index (χ3v) is 5.39. The van der Waals surface area contributed by atoms with Crippen LogP contribution in [0, 0.1) is 0 Å². The molecule has 0 heterocycles. The maximum Gasteiger partial charge on any atom is 0.254 e. The molecule has 124 valence electrons. The summed E-state index contributed by atoms with van der Waals surface area (Å²) in [6.07, 6.45) is 1.55. The van der Waals surface area contributed by atoms with Crippen molar-refractivity contribution in [3.05, 3.63) is 27.7 Å². The second-order valence-corrected chi connectivity index (χ2v) is 7.77. The van der Waals surface area contributed by atoms with Crippen LogP contribution in [0.3, 0.4) is 0 Å². The van der Waals surface area contributed by atoms with Gasteiger partial charge in [0.2, 0.25) is 10.0 Å². The Morgan fingerprint density at radius 3 is 2.36 bits per heavy atom. The van der Waals surface area contributed by atoms with Crippen molar-refractivity contribution in [2.24, 2.45) is 0 Å². The Morgan fingerprint density at radius 2 is 1.86 bits per heavy atom. The molecular formula is C14H20Cl2N2O3S. The van der Waals surface area contributed by atoms with Crippen LogP contribution in [-0.2, 0) is 10.0 Å². The molecule has 5 nitrogen and oxygen atoms in total. The fraction of sp³-hybridized carbons (Fsp3) is 0.500. The second-order valence-electron chi connectivity index (χ2n) is 5.27. The number of hydrogen-bond donors (Lipinski definition) is 1. The quantitative estimate of drug-likeness (QED) is 0.840. The summed E-state index contributed by atoms with van der Waals surface area (Å²) in [5, 5.41) is 0.0979. The highest BCUT2D eigenvalue weighted by molar-refractivity contribution is 7.89. The predicted molar refractivity (Wildman–Crippen MR) is 89.2 cm³/mol. The number of nitrogens with zero attached hydrogens (tertiary/aromatic N) is 1. The molecule has 1 aromatic carbocycles. The van der Waals surface area contributed by atoms with Crippen LogP contribution in [0.4, 0.5) is 0 Å². The molecule has 22 heavy (non-hydrogen) atoms. The van der Waals surface area contributed by atoms with Crippen molar-refractivity contribution >= 4 is 39.1 Å².